The molecule has 0 saturated carbocycles. The third-order valence-corrected chi connectivity index (χ3v) is 6.87. The molecule has 2 heterocycles. The van der Waals surface area contributed by atoms with Gasteiger partial charge in [-0.3, -0.25) is 9.69 Å². The molecule has 5 rings (SSSR count). The molecular weight excluding hydrogens is 488 g/mol. The number of thioether (sulfide) groups is 1. The van der Waals surface area contributed by atoms with Crippen molar-refractivity contribution in [1.29, 1.82) is 0 Å². The number of hydrogen-bond donors (Lipinski definition) is 0. The van der Waals surface area contributed by atoms with Crippen LogP contribution in [0, 0.1) is 6.92 Å². The molecule has 3 aromatic carbocycles. The maximum absolute atomic E-state index is 13.1. The predicted molar refractivity (Wildman–Crippen MR) is 146 cm³/mol. The van der Waals surface area contributed by atoms with Crippen LogP contribution in [0.2, 0.25) is 0 Å². The highest BCUT2D eigenvalue weighted by atomic mass is 32.2. The van der Waals surface area contributed by atoms with Crippen molar-refractivity contribution in [3.63, 3.8) is 0 Å². The molecule has 7 nitrogen and oxygen atoms in total. The van der Waals surface area contributed by atoms with Crippen LogP contribution in [0.4, 0.5) is 5.69 Å². The average Bonchev–Trinajstić information content (AvgIpc) is 3.48. The molecule has 2 aliphatic heterocycles. The monoisotopic (exact) mass is 516 g/mol. The Hall–Kier alpha value is -3.91. The molecule has 0 aromatic heterocycles. The Morgan fingerprint density at radius 1 is 0.973 bits per heavy atom. The summed E-state index contributed by atoms with van der Waals surface area (Å²) in [5.41, 5.74) is 3.80. The first kappa shape index (κ1) is 24.8. The van der Waals surface area contributed by atoms with Gasteiger partial charge in [-0.2, -0.15) is 0 Å². The second-order valence-electron chi connectivity index (χ2n) is 8.51. The number of ether oxygens (including phenoxy) is 4. The number of amides is 1. The zero-order valence-corrected chi connectivity index (χ0v) is 21.8. The van der Waals surface area contributed by atoms with Gasteiger partial charge in [-0.15, -0.1) is 0 Å². The number of carbonyl (C=O) groups excluding carboxylic acids is 1. The van der Waals surface area contributed by atoms with E-state index in [2.05, 4.69) is 0 Å². The van der Waals surface area contributed by atoms with Gasteiger partial charge in [0.25, 0.3) is 5.91 Å². The molecule has 0 radical (unpaired) electrons. The number of carbonyl (C=O) groups is 1. The first-order valence-electron chi connectivity index (χ1n) is 12.2. The molecule has 0 bridgehead atoms. The van der Waals surface area contributed by atoms with Crippen molar-refractivity contribution in [3.8, 4) is 23.0 Å². The Morgan fingerprint density at radius 3 is 2.57 bits per heavy atom. The molecule has 0 unspecified atom stereocenters. The largest absolute Gasteiger partial charge is 0.490 e. The van der Waals surface area contributed by atoms with E-state index < -0.39 is 0 Å². The normalized spacial score (nSPS) is 16.6. The number of likely N-dealkylation sites (N-methyl/N-ethyl adjacent to an activating group) is 1. The van der Waals surface area contributed by atoms with Crippen molar-refractivity contribution >= 4 is 34.6 Å². The van der Waals surface area contributed by atoms with Crippen LogP contribution in [0.5, 0.6) is 23.0 Å². The summed E-state index contributed by atoms with van der Waals surface area (Å²) in [5, 5.41) is 0.677. The highest BCUT2D eigenvalue weighted by Crippen LogP contribution is 2.37. The number of benzene rings is 3. The van der Waals surface area contributed by atoms with Crippen LogP contribution in [-0.2, 0) is 11.4 Å². The number of amidine groups is 1. The Balaban J connectivity index is 1.35. The van der Waals surface area contributed by atoms with Gasteiger partial charge in [0.2, 0.25) is 6.79 Å². The summed E-state index contributed by atoms with van der Waals surface area (Å²) in [6, 6.07) is 19.4. The molecule has 0 spiro atoms. The summed E-state index contributed by atoms with van der Waals surface area (Å²) in [7, 11) is 0. The van der Waals surface area contributed by atoms with Crippen molar-refractivity contribution in [2.45, 2.75) is 27.4 Å². The lowest BCUT2D eigenvalue weighted by Crippen LogP contribution is -2.28. The van der Waals surface area contributed by atoms with Crippen molar-refractivity contribution in [3.05, 3.63) is 82.3 Å². The number of rotatable bonds is 8. The summed E-state index contributed by atoms with van der Waals surface area (Å²) in [6.45, 7) is 7.54. The first-order chi connectivity index (χ1) is 18.0. The van der Waals surface area contributed by atoms with Crippen LogP contribution >= 0.6 is 11.8 Å². The minimum absolute atomic E-state index is 0.0561. The zero-order chi connectivity index (χ0) is 25.8. The van der Waals surface area contributed by atoms with Gasteiger partial charge < -0.3 is 18.9 Å². The topological polar surface area (TPSA) is 69.6 Å². The van der Waals surface area contributed by atoms with E-state index in [4.69, 9.17) is 23.9 Å². The van der Waals surface area contributed by atoms with Gasteiger partial charge in [-0.05, 0) is 86.1 Å². The fourth-order valence-electron chi connectivity index (χ4n) is 3.95. The molecule has 8 heteroatoms. The van der Waals surface area contributed by atoms with E-state index in [1.807, 2.05) is 87.5 Å². The lowest BCUT2D eigenvalue weighted by Gasteiger charge is -2.13. The van der Waals surface area contributed by atoms with Gasteiger partial charge in [0.05, 0.1) is 17.2 Å². The SMILES string of the molecule is CCOc1cc(/C=C2/SC(=Nc3ccc(C)cc3)N(CC)C2=O)ccc1OCc1ccc2c(c1)OCO2. The maximum atomic E-state index is 13.1. The van der Waals surface area contributed by atoms with Gasteiger partial charge in [-0.1, -0.05) is 29.8 Å². The van der Waals surface area contributed by atoms with Crippen molar-refractivity contribution in [1.82, 2.24) is 4.90 Å². The molecule has 1 amide bonds. The molecule has 0 aliphatic carbocycles. The molecule has 37 heavy (non-hydrogen) atoms. The van der Waals surface area contributed by atoms with Gasteiger partial charge >= 0.3 is 0 Å². The first-order valence-corrected chi connectivity index (χ1v) is 13.0. The third kappa shape index (κ3) is 5.59. The fraction of sp³-hybridized carbons (Fsp3) is 0.241. The van der Waals surface area contributed by atoms with Crippen LogP contribution in [-0.4, -0.2) is 35.9 Å². The Bertz CT molecular complexity index is 1370. The quantitative estimate of drug-likeness (QED) is 0.326. The summed E-state index contributed by atoms with van der Waals surface area (Å²) in [4.78, 5) is 20.1. The van der Waals surface area contributed by atoms with E-state index in [0.29, 0.717) is 41.3 Å². The van der Waals surface area contributed by atoms with E-state index in [9.17, 15) is 4.79 Å². The van der Waals surface area contributed by atoms with E-state index in [0.717, 1.165) is 28.3 Å². The number of hydrogen-bond acceptors (Lipinski definition) is 7. The zero-order valence-electron chi connectivity index (χ0n) is 21.0. The van der Waals surface area contributed by atoms with Gasteiger partial charge in [0.1, 0.15) is 6.61 Å². The molecule has 3 aromatic rings. The Labute approximate surface area is 220 Å². The molecule has 0 N–H and O–H groups in total. The summed E-state index contributed by atoms with van der Waals surface area (Å²) < 4.78 is 22.7. The van der Waals surface area contributed by atoms with Crippen molar-refractivity contribution in [2.24, 2.45) is 4.99 Å². The minimum Gasteiger partial charge on any atom is -0.490 e. The number of nitrogens with zero attached hydrogens (tertiary/aromatic N) is 2. The Morgan fingerprint density at radius 2 is 1.78 bits per heavy atom. The molecule has 1 fully saturated rings. The van der Waals surface area contributed by atoms with Crippen LogP contribution in [0.1, 0.15) is 30.5 Å². The Kier molecular flexibility index (Phi) is 7.37. The molecular formula is C29H28N2O5S. The van der Waals surface area contributed by atoms with Crippen LogP contribution in [0.3, 0.4) is 0 Å². The predicted octanol–water partition coefficient (Wildman–Crippen LogP) is 6.33. The average molecular weight is 517 g/mol. The number of aliphatic imine (C=N–C) groups is 1. The van der Waals surface area contributed by atoms with E-state index in [1.165, 1.54) is 17.3 Å². The van der Waals surface area contributed by atoms with Crippen molar-refractivity contribution in [2.75, 3.05) is 19.9 Å². The van der Waals surface area contributed by atoms with Crippen LogP contribution in [0.25, 0.3) is 6.08 Å². The van der Waals surface area contributed by atoms with Gasteiger partial charge in [0, 0.05) is 6.54 Å². The highest BCUT2D eigenvalue weighted by Gasteiger charge is 2.32. The van der Waals surface area contributed by atoms with Crippen molar-refractivity contribution < 1.29 is 23.7 Å². The maximum Gasteiger partial charge on any atom is 0.266 e. The third-order valence-electron chi connectivity index (χ3n) is 5.86. The lowest BCUT2D eigenvalue weighted by atomic mass is 10.1. The number of aryl methyl sites for hydroxylation is 1. The number of fused-ring (bicyclic) bond motifs is 1. The standard InChI is InChI=1S/C29H28N2O5S/c1-4-31-28(32)27(37-29(31)30-22-10-6-19(3)7-11-22)16-20-8-12-23(25(14-20)33-5-2)34-17-21-9-13-24-26(15-21)36-18-35-24/h6-16H,4-5,17-18H2,1-3H3/b27-16+,30-29?. The van der Waals surface area contributed by atoms with Gasteiger partial charge in [0.15, 0.2) is 28.2 Å². The van der Waals surface area contributed by atoms with Gasteiger partial charge in [-0.25, -0.2) is 4.99 Å². The molecule has 2 aliphatic rings. The second kappa shape index (κ2) is 11.0. The van der Waals surface area contributed by atoms with E-state index >= 15 is 0 Å². The van der Waals surface area contributed by atoms with E-state index in [1.54, 1.807) is 4.90 Å². The summed E-state index contributed by atoms with van der Waals surface area (Å²) >= 11 is 1.38. The van der Waals surface area contributed by atoms with Crippen LogP contribution < -0.4 is 18.9 Å². The second-order valence-corrected chi connectivity index (χ2v) is 9.51. The molecule has 190 valence electrons. The summed E-state index contributed by atoms with van der Waals surface area (Å²) in [5.74, 6) is 2.65. The minimum atomic E-state index is -0.0561. The lowest BCUT2D eigenvalue weighted by molar-refractivity contribution is -0.122. The smallest absolute Gasteiger partial charge is 0.266 e. The van der Waals surface area contributed by atoms with Crippen LogP contribution in [0.15, 0.2) is 70.6 Å². The molecule has 0 atom stereocenters. The summed E-state index contributed by atoms with van der Waals surface area (Å²) in [6.07, 6.45) is 1.87. The van der Waals surface area contributed by atoms with E-state index in [-0.39, 0.29) is 12.7 Å². The fourth-order valence-corrected chi connectivity index (χ4v) is 5.01. The highest BCUT2D eigenvalue weighted by molar-refractivity contribution is 8.18. The molecule has 1 saturated heterocycles.